The van der Waals surface area contributed by atoms with E-state index in [2.05, 4.69) is 102 Å². The number of thiophene rings is 1. The molecule has 0 N–H and O–H groups in total. The number of hydrogen-bond acceptors (Lipinski definition) is 3. The van der Waals surface area contributed by atoms with E-state index in [1.165, 1.54) is 52.8 Å². The summed E-state index contributed by atoms with van der Waals surface area (Å²) in [7, 11) is 0. The van der Waals surface area contributed by atoms with Gasteiger partial charge >= 0.3 is 0 Å². The fourth-order valence-electron chi connectivity index (χ4n) is 5.18. The summed E-state index contributed by atoms with van der Waals surface area (Å²) < 4.78 is 2.61. The molecule has 0 atom stereocenters. The molecule has 0 saturated carbocycles. The van der Waals surface area contributed by atoms with Crippen LogP contribution >= 0.6 is 11.3 Å². The first-order chi connectivity index (χ1) is 17.3. The van der Waals surface area contributed by atoms with Crippen molar-refractivity contribution in [2.24, 2.45) is 0 Å². The van der Waals surface area contributed by atoms with Gasteiger partial charge in [-0.15, -0.1) is 11.3 Å². The molecular weight excluding hydrogens is 444 g/mol. The molecule has 5 aromatic carbocycles. The maximum atomic E-state index is 9.28. The van der Waals surface area contributed by atoms with Gasteiger partial charge in [0.15, 0.2) is 0 Å². The van der Waals surface area contributed by atoms with Crippen LogP contribution in [-0.2, 0) is 0 Å². The standard InChI is InChI=1S/C32H18N2S/c33-19-24-17-22(14-15-34-24)21-7-5-8-23(16-21)28-18-30-32(27-11-4-3-10-26(27)28)31-25-9-2-1-6-20(25)12-13-29(31)35-30/h1-18H. The first-order valence-electron chi connectivity index (χ1n) is 11.5. The number of rotatable bonds is 2. The topological polar surface area (TPSA) is 36.7 Å². The minimum absolute atomic E-state index is 0.428. The lowest BCUT2D eigenvalue weighted by molar-refractivity contribution is 1.26. The predicted octanol–water partition coefficient (Wildman–Crippen LogP) is 8.96. The van der Waals surface area contributed by atoms with Crippen molar-refractivity contribution in [3.05, 3.63) is 115 Å². The van der Waals surface area contributed by atoms with Gasteiger partial charge in [0.25, 0.3) is 0 Å². The lowest BCUT2D eigenvalue weighted by atomic mass is 9.92. The van der Waals surface area contributed by atoms with E-state index in [1.54, 1.807) is 6.20 Å². The second-order valence-electron chi connectivity index (χ2n) is 8.73. The van der Waals surface area contributed by atoms with Crippen LogP contribution in [0.4, 0.5) is 0 Å². The predicted molar refractivity (Wildman–Crippen MR) is 148 cm³/mol. The Kier molecular flexibility index (Phi) is 4.42. The van der Waals surface area contributed by atoms with E-state index in [1.807, 2.05) is 23.5 Å². The largest absolute Gasteiger partial charge is 0.246 e. The highest BCUT2D eigenvalue weighted by Crippen LogP contribution is 2.45. The summed E-state index contributed by atoms with van der Waals surface area (Å²) in [6.07, 6.45) is 1.70. The highest BCUT2D eigenvalue weighted by atomic mass is 32.1. The molecule has 0 aliphatic carbocycles. The Morgan fingerprint density at radius 1 is 0.600 bits per heavy atom. The first-order valence-corrected chi connectivity index (χ1v) is 12.3. The molecule has 0 unspecified atom stereocenters. The molecule has 7 rings (SSSR count). The lowest BCUT2D eigenvalue weighted by Crippen LogP contribution is -1.87. The molecule has 3 heteroatoms. The number of benzene rings is 5. The van der Waals surface area contributed by atoms with E-state index in [4.69, 9.17) is 0 Å². The average molecular weight is 463 g/mol. The van der Waals surface area contributed by atoms with Gasteiger partial charge in [-0.1, -0.05) is 72.8 Å². The van der Waals surface area contributed by atoms with Crippen LogP contribution < -0.4 is 0 Å². The maximum absolute atomic E-state index is 9.28. The van der Waals surface area contributed by atoms with Gasteiger partial charge in [-0.3, -0.25) is 0 Å². The van der Waals surface area contributed by atoms with Crippen LogP contribution in [0.5, 0.6) is 0 Å². The number of nitriles is 1. The molecule has 162 valence electrons. The fraction of sp³-hybridized carbons (Fsp3) is 0. The Balaban J connectivity index is 1.53. The van der Waals surface area contributed by atoms with E-state index in [-0.39, 0.29) is 0 Å². The molecule has 0 aliphatic heterocycles. The molecule has 0 spiro atoms. The quantitative estimate of drug-likeness (QED) is 0.257. The van der Waals surface area contributed by atoms with E-state index >= 15 is 0 Å². The molecule has 0 amide bonds. The number of hydrogen-bond donors (Lipinski definition) is 0. The monoisotopic (exact) mass is 462 g/mol. The van der Waals surface area contributed by atoms with Gasteiger partial charge in [0.2, 0.25) is 0 Å². The third-order valence-electron chi connectivity index (χ3n) is 6.75. The number of aromatic nitrogens is 1. The van der Waals surface area contributed by atoms with Crippen LogP contribution in [0.25, 0.3) is 64.0 Å². The first kappa shape index (κ1) is 19.9. The van der Waals surface area contributed by atoms with Crippen molar-refractivity contribution in [1.29, 1.82) is 5.26 Å². The molecule has 35 heavy (non-hydrogen) atoms. The van der Waals surface area contributed by atoms with Gasteiger partial charge in [-0.05, 0) is 74.1 Å². The van der Waals surface area contributed by atoms with Crippen LogP contribution in [-0.4, -0.2) is 4.98 Å². The highest BCUT2D eigenvalue weighted by Gasteiger charge is 2.15. The molecule has 0 aliphatic rings. The SMILES string of the molecule is N#Cc1cc(-c2cccc(-c3cc4sc5ccc6ccccc6c5c4c4ccccc34)c2)ccn1. The average Bonchev–Trinajstić information content (AvgIpc) is 3.32. The van der Waals surface area contributed by atoms with Gasteiger partial charge in [-0.2, -0.15) is 5.26 Å². The third-order valence-corrected chi connectivity index (χ3v) is 7.85. The lowest BCUT2D eigenvalue weighted by Gasteiger charge is -2.11. The maximum Gasteiger partial charge on any atom is 0.141 e. The molecule has 0 bridgehead atoms. The van der Waals surface area contributed by atoms with E-state index < -0.39 is 0 Å². The summed E-state index contributed by atoms with van der Waals surface area (Å²) in [5.41, 5.74) is 4.89. The normalized spacial score (nSPS) is 11.4. The third kappa shape index (κ3) is 3.12. The zero-order valence-electron chi connectivity index (χ0n) is 18.7. The van der Waals surface area contributed by atoms with Crippen LogP contribution in [0.15, 0.2) is 109 Å². The molecule has 7 aromatic rings. The molecule has 0 saturated heterocycles. The minimum Gasteiger partial charge on any atom is -0.246 e. The molecule has 2 heterocycles. The zero-order chi connectivity index (χ0) is 23.4. The van der Waals surface area contributed by atoms with Crippen molar-refractivity contribution >= 4 is 53.1 Å². The zero-order valence-corrected chi connectivity index (χ0v) is 19.5. The second kappa shape index (κ2) is 7.77. The summed E-state index contributed by atoms with van der Waals surface area (Å²) in [5.74, 6) is 0. The Morgan fingerprint density at radius 3 is 2.23 bits per heavy atom. The summed E-state index contributed by atoms with van der Waals surface area (Å²) >= 11 is 1.86. The van der Waals surface area contributed by atoms with Crippen LogP contribution in [0, 0.1) is 11.3 Å². The Morgan fingerprint density at radius 2 is 1.34 bits per heavy atom. The summed E-state index contributed by atoms with van der Waals surface area (Å²) in [6, 6.07) is 38.7. The van der Waals surface area contributed by atoms with E-state index in [9.17, 15) is 5.26 Å². The Bertz CT molecular complexity index is 1970. The number of pyridine rings is 1. The second-order valence-corrected chi connectivity index (χ2v) is 9.81. The van der Waals surface area contributed by atoms with Crippen LogP contribution in [0.2, 0.25) is 0 Å². The summed E-state index contributed by atoms with van der Waals surface area (Å²) in [5, 5.41) is 17.1. The van der Waals surface area contributed by atoms with Crippen molar-refractivity contribution < 1.29 is 0 Å². The van der Waals surface area contributed by atoms with Gasteiger partial charge in [0.05, 0.1) is 0 Å². The van der Waals surface area contributed by atoms with E-state index in [0.717, 1.165) is 11.1 Å². The van der Waals surface area contributed by atoms with Crippen LogP contribution in [0.3, 0.4) is 0 Å². The number of fused-ring (bicyclic) bond motifs is 7. The minimum atomic E-state index is 0.428. The van der Waals surface area contributed by atoms with Gasteiger partial charge in [0, 0.05) is 26.4 Å². The molecule has 2 nitrogen and oxygen atoms in total. The van der Waals surface area contributed by atoms with Gasteiger partial charge in [0.1, 0.15) is 11.8 Å². The van der Waals surface area contributed by atoms with Crippen molar-refractivity contribution in [3.63, 3.8) is 0 Å². The number of nitrogens with zero attached hydrogens (tertiary/aromatic N) is 2. The van der Waals surface area contributed by atoms with Crippen molar-refractivity contribution in [2.45, 2.75) is 0 Å². The van der Waals surface area contributed by atoms with E-state index in [0.29, 0.717) is 5.69 Å². The molecule has 2 aromatic heterocycles. The highest BCUT2D eigenvalue weighted by molar-refractivity contribution is 7.26. The Hall–Kier alpha value is -4.52. The molecule has 0 fully saturated rings. The van der Waals surface area contributed by atoms with Crippen LogP contribution in [0.1, 0.15) is 5.69 Å². The molecule has 0 radical (unpaired) electrons. The van der Waals surface area contributed by atoms with Gasteiger partial charge in [-0.25, -0.2) is 4.98 Å². The Labute approximate surface area is 206 Å². The van der Waals surface area contributed by atoms with Crippen molar-refractivity contribution in [2.75, 3.05) is 0 Å². The van der Waals surface area contributed by atoms with Crippen molar-refractivity contribution in [1.82, 2.24) is 4.98 Å². The fourth-order valence-corrected chi connectivity index (χ4v) is 6.36. The molecular formula is C32H18N2S. The van der Waals surface area contributed by atoms with Crippen molar-refractivity contribution in [3.8, 4) is 28.3 Å². The smallest absolute Gasteiger partial charge is 0.141 e. The summed E-state index contributed by atoms with van der Waals surface area (Å²) in [4.78, 5) is 4.12. The van der Waals surface area contributed by atoms with Gasteiger partial charge < -0.3 is 0 Å². The summed E-state index contributed by atoms with van der Waals surface area (Å²) in [6.45, 7) is 0.